The summed E-state index contributed by atoms with van der Waals surface area (Å²) < 4.78 is 0.880. The summed E-state index contributed by atoms with van der Waals surface area (Å²) in [5.41, 5.74) is 0.744. The van der Waals surface area contributed by atoms with Crippen LogP contribution in [0.25, 0.3) is 0 Å². The number of thiophene rings is 1. The molecule has 3 heteroatoms. The van der Waals surface area contributed by atoms with Gasteiger partial charge in [0.25, 0.3) is 0 Å². The van der Waals surface area contributed by atoms with E-state index in [4.69, 9.17) is 0 Å². The molecule has 0 bridgehead atoms. The van der Waals surface area contributed by atoms with E-state index in [1.165, 1.54) is 11.3 Å². The standard InChI is InChI=1S/C8H7BrOS/c1-2-3-8(10)6-4-11-5-7(6)9/h2-5H,1H3/b3-2+. The Morgan fingerprint density at radius 3 is 2.82 bits per heavy atom. The van der Waals surface area contributed by atoms with Gasteiger partial charge in [-0.05, 0) is 28.9 Å². The van der Waals surface area contributed by atoms with Crippen LogP contribution in [0.15, 0.2) is 27.4 Å². The van der Waals surface area contributed by atoms with Crippen LogP contribution < -0.4 is 0 Å². The lowest BCUT2D eigenvalue weighted by Gasteiger charge is -1.88. The van der Waals surface area contributed by atoms with Gasteiger partial charge in [0.1, 0.15) is 0 Å². The number of carbonyl (C=O) groups excluding carboxylic acids is 1. The van der Waals surface area contributed by atoms with Gasteiger partial charge in [-0.1, -0.05) is 6.08 Å². The molecule has 0 aliphatic heterocycles. The Morgan fingerprint density at radius 1 is 1.64 bits per heavy atom. The van der Waals surface area contributed by atoms with Crippen molar-refractivity contribution in [3.63, 3.8) is 0 Å². The minimum atomic E-state index is 0.0561. The maximum Gasteiger partial charge on any atom is 0.187 e. The second-order valence-electron chi connectivity index (χ2n) is 2.00. The zero-order chi connectivity index (χ0) is 8.27. The quantitative estimate of drug-likeness (QED) is 0.563. The van der Waals surface area contributed by atoms with Gasteiger partial charge in [-0.2, -0.15) is 11.3 Å². The Bertz CT molecular complexity index is 288. The molecule has 0 N–H and O–H groups in total. The monoisotopic (exact) mass is 230 g/mol. The van der Waals surface area contributed by atoms with Crippen LogP contribution in [0.2, 0.25) is 0 Å². The van der Waals surface area contributed by atoms with Gasteiger partial charge >= 0.3 is 0 Å². The number of ketones is 1. The molecular weight excluding hydrogens is 224 g/mol. The third kappa shape index (κ3) is 2.01. The molecule has 1 nitrogen and oxygen atoms in total. The highest BCUT2D eigenvalue weighted by atomic mass is 79.9. The van der Waals surface area contributed by atoms with Crippen LogP contribution in [-0.4, -0.2) is 5.78 Å². The molecule has 11 heavy (non-hydrogen) atoms. The van der Waals surface area contributed by atoms with E-state index in [-0.39, 0.29) is 5.78 Å². The Balaban J connectivity index is 2.93. The van der Waals surface area contributed by atoms with E-state index in [9.17, 15) is 4.79 Å². The minimum absolute atomic E-state index is 0.0561. The third-order valence-corrected chi connectivity index (χ3v) is 2.90. The summed E-state index contributed by atoms with van der Waals surface area (Å²) in [7, 11) is 0. The molecule has 1 heterocycles. The van der Waals surface area contributed by atoms with Crippen molar-refractivity contribution in [2.24, 2.45) is 0 Å². The lowest BCUT2D eigenvalue weighted by Crippen LogP contribution is -1.91. The van der Waals surface area contributed by atoms with E-state index in [1.54, 1.807) is 12.2 Å². The lowest BCUT2D eigenvalue weighted by atomic mass is 10.2. The van der Waals surface area contributed by atoms with Crippen molar-refractivity contribution >= 4 is 33.0 Å². The maximum atomic E-state index is 11.2. The molecule has 0 atom stereocenters. The second-order valence-corrected chi connectivity index (χ2v) is 3.60. The van der Waals surface area contributed by atoms with Gasteiger partial charge in [0.15, 0.2) is 5.78 Å². The normalized spacial score (nSPS) is 10.7. The smallest absolute Gasteiger partial charge is 0.187 e. The summed E-state index contributed by atoms with van der Waals surface area (Å²) in [5.74, 6) is 0.0561. The van der Waals surface area contributed by atoms with Gasteiger partial charge in [0, 0.05) is 20.8 Å². The molecule has 0 spiro atoms. The van der Waals surface area contributed by atoms with Crippen LogP contribution >= 0.6 is 27.3 Å². The van der Waals surface area contributed by atoms with E-state index < -0.39 is 0 Å². The molecule has 0 aliphatic rings. The fourth-order valence-electron chi connectivity index (χ4n) is 0.699. The average molecular weight is 231 g/mol. The van der Waals surface area contributed by atoms with Gasteiger partial charge in [0.05, 0.1) is 0 Å². The topological polar surface area (TPSA) is 17.1 Å². The fourth-order valence-corrected chi connectivity index (χ4v) is 2.18. The van der Waals surface area contributed by atoms with Gasteiger partial charge in [-0.15, -0.1) is 0 Å². The summed E-state index contributed by atoms with van der Waals surface area (Å²) in [6.45, 7) is 1.83. The average Bonchev–Trinajstić information content (AvgIpc) is 2.36. The first kappa shape index (κ1) is 8.68. The van der Waals surface area contributed by atoms with Gasteiger partial charge < -0.3 is 0 Å². The van der Waals surface area contributed by atoms with E-state index in [1.807, 2.05) is 17.7 Å². The first-order valence-electron chi connectivity index (χ1n) is 3.14. The predicted molar refractivity (Wildman–Crippen MR) is 51.2 cm³/mol. The summed E-state index contributed by atoms with van der Waals surface area (Å²) in [4.78, 5) is 11.2. The van der Waals surface area contributed by atoms with Crippen LogP contribution in [0.4, 0.5) is 0 Å². The summed E-state index contributed by atoms with van der Waals surface area (Å²) in [6.07, 6.45) is 3.30. The van der Waals surface area contributed by atoms with E-state index in [0.29, 0.717) is 0 Å². The molecular formula is C8H7BrOS. The fraction of sp³-hybridized carbons (Fsp3) is 0.125. The predicted octanol–water partition coefficient (Wildman–Crippen LogP) is 3.27. The van der Waals surface area contributed by atoms with Crippen molar-refractivity contribution in [1.29, 1.82) is 0 Å². The molecule has 0 unspecified atom stereocenters. The van der Waals surface area contributed by atoms with Gasteiger partial charge in [0.2, 0.25) is 0 Å². The molecule has 0 aliphatic carbocycles. The summed E-state index contributed by atoms with van der Waals surface area (Å²) in [5, 5.41) is 3.74. The van der Waals surface area contributed by atoms with Crippen molar-refractivity contribution in [1.82, 2.24) is 0 Å². The largest absolute Gasteiger partial charge is 0.289 e. The molecule has 1 rings (SSSR count). The molecule has 1 aromatic heterocycles. The Labute approximate surface area is 77.9 Å². The zero-order valence-corrected chi connectivity index (χ0v) is 8.41. The molecule has 0 radical (unpaired) electrons. The number of hydrogen-bond acceptors (Lipinski definition) is 2. The molecule has 0 amide bonds. The molecule has 1 aromatic rings. The first-order chi connectivity index (χ1) is 5.25. The van der Waals surface area contributed by atoms with Crippen LogP contribution in [-0.2, 0) is 0 Å². The zero-order valence-electron chi connectivity index (χ0n) is 6.00. The summed E-state index contributed by atoms with van der Waals surface area (Å²) in [6, 6.07) is 0. The first-order valence-corrected chi connectivity index (χ1v) is 4.88. The minimum Gasteiger partial charge on any atom is -0.289 e. The molecule has 0 aromatic carbocycles. The van der Waals surface area contributed by atoms with E-state index >= 15 is 0 Å². The number of halogens is 1. The van der Waals surface area contributed by atoms with E-state index in [0.717, 1.165) is 10.0 Å². The highest BCUT2D eigenvalue weighted by molar-refractivity contribution is 9.10. The SMILES string of the molecule is C/C=C/C(=O)c1cscc1Br. The lowest BCUT2D eigenvalue weighted by molar-refractivity contribution is 0.104. The number of hydrogen-bond donors (Lipinski definition) is 0. The van der Waals surface area contributed by atoms with Crippen LogP contribution in [0.3, 0.4) is 0 Å². The van der Waals surface area contributed by atoms with Crippen molar-refractivity contribution in [2.45, 2.75) is 6.92 Å². The maximum absolute atomic E-state index is 11.2. The van der Waals surface area contributed by atoms with Crippen molar-refractivity contribution in [2.75, 3.05) is 0 Å². The van der Waals surface area contributed by atoms with Crippen molar-refractivity contribution < 1.29 is 4.79 Å². The second kappa shape index (κ2) is 3.83. The highest BCUT2D eigenvalue weighted by Gasteiger charge is 2.06. The van der Waals surface area contributed by atoms with Gasteiger partial charge in [-0.25, -0.2) is 0 Å². The summed E-state index contributed by atoms with van der Waals surface area (Å²) >= 11 is 4.81. The van der Waals surface area contributed by atoms with E-state index in [2.05, 4.69) is 15.9 Å². The Morgan fingerprint density at radius 2 is 2.36 bits per heavy atom. The molecule has 0 saturated carbocycles. The van der Waals surface area contributed by atoms with Crippen molar-refractivity contribution in [3.8, 4) is 0 Å². The number of allylic oxidation sites excluding steroid dienone is 2. The van der Waals surface area contributed by atoms with Gasteiger partial charge in [-0.3, -0.25) is 4.79 Å². The molecule has 0 saturated heterocycles. The van der Waals surface area contributed by atoms with Crippen LogP contribution in [0.1, 0.15) is 17.3 Å². The molecule has 0 fully saturated rings. The van der Waals surface area contributed by atoms with Crippen LogP contribution in [0, 0.1) is 0 Å². The molecule has 58 valence electrons. The third-order valence-electron chi connectivity index (χ3n) is 1.20. The van der Waals surface area contributed by atoms with Crippen molar-refractivity contribution in [3.05, 3.63) is 32.9 Å². The Hall–Kier alpha value is -0.410. The number of rotatable bonds is 2. The van der Waals surface area contributed by atoms with Crippen LogP contribution in [0.5, 0.6) is 0 Å². The number of carbonyl (C=O) groups is 1. The highest BCUT2D eigenvalue weighted by Crippen LogP contribution is 2.21. The Kier molecular flexibility index (Phi) is 3.02.